The fraction of sp³-hybridized carbons (Fsp3) is 0.950. The smallest absolute Gasteiger partial charge is 0.126 e. The molecule has 7 atom stereocenters. The van der Waals surface area contributed by atoms with Gasteiger partial charge in [-0.25, -0.2) is 0 Å². The molecule has 1 spiro atoms. The van der Waals surface area contributed by atoms with Crippen LogP contribution in [0.2, 0.25) is 0 Å². The summed E-state index contributed by atoms with van der Waals surface area (Å²) in [6, 6.07) is 0. The van der Waals surface area contributed by atoms with E-state index >= 15 is 0 Å². The van der Waals surface area contributed by atoms with Gasteiger partial charge in [0.1, 0.15) is 11.9 Å². The summed E-state index contributed by atoms with van der Waals surface area (Å²) in [5.41, 5.74) is -2.22. The van der Waals surface area contributed by atoms with Crippen LogP contribution in [0.3, 0.4) is 0 Å². The van der Waals surface area contributed by atoms with Crippen molar-refractivity contribution in [3.8, 4) is 0 Å². The van der Waals surface area contributed by atoms with E-state index in [1.165, 1.54) is 12.7 Å². The quantitative estimate of drug-likeness (QED) is 0.587. The number of rotatable bonds is 2. The van der Waals surface area contributed by atoms with E-state index in [-0.39, 0.29) is 22.1 Å². The number of fused-ring (bicyclic) bond motifs is 3. The number of hydrogen-bond donors (Lipinski definition) is 2. The van der Waals surface area contributed by atoms with Gasteiger partial charge in [0.25, 0.3) is 0 Å². The molecule has 0 radical (unpaired) electrons. The van der Waals surface area contributed by atoms with E-state index in [1.807, 2.05) is 0 Å². The molecule has 3 nitrogen and oxygen atoms in total. The Kier molecular flexibility index (Phi) is 3.59. The van der Waals surface area contributed by atoms with Crippen LogP contribution >= 0.6 is 11.6 Å². The van der Waals surface area contributed by atoms with Crippen molar-refractivity contribution in [1.29, 1.82) is 0 Å². The number of hydrogen-bond acceptors (Lipinski definition) is 3. The van der Waals surface area contributed by atoms with Crippen molar-refractivity contribution < 1.29 is 15.0 Å². The average molecular weight is 355 g/mol. The Hall–Kier alpha value is -0.120. The maximum absolute atomic E-state index is 11.9. The van der Waals surface area contributed by atoms with Crippen LogP contribution in [0.25, 0.3) is 0 Å². The first-order valence-corrected chi connectivity index (χ1v) is 10.2. The summed E-state index contributed by atoms with van der Waals surface area (Å²) in [7, 11) is 0. The molecular formula is C20H31ClO3. The van der Waals surface area contributed by atoms with Crippen molar-refractivity contribution in [3.63, 3.8) is 0 Å². The molecule has 136 valence electrons. The Bertz CT molecular complexity index is 565. The van der Waals surface area contributed by atoms with E-state index in [9.17, 15) is 15.0 Å². The monoisotopic (exact) mass is 354 g/mol. The molecule has 4 fully saturated rings. The molecule has 0 aromatic heterocycles. The number of alkyl halides is 1. The van der Waals surface area contributed by atoms with Gasteiger partial charge in [0, 0.05) is 5.41 Å². The number of aliphatic hydroxyl groups is 2. The summed E-state index contributed by atoms with van der Waals surface area (Å²) in [6.45, 7) is 4.55. The van der Waals surface area contributed by atoms with Crippen LogP contribution in [0.5, 0.6) is 0 Å². The highest BCUT2D eigenvalue weighted by atomic mass is 35.5. The second kappa shape index (κ2) is 4.98. The molecule has 0 heterocycles. The lowest BCUT2D eigenvalue weighted by molar-refractivity contribution is -0.171. The van der Waals surface area contributed by atoms with Gasteiger partial charge in [0.15, 0.2) is 0 Å². The Labute approximate surface area is 150 Å². The number of halogens is 1. The summed E-state index contributed by atoms with van der Waals surface area (Å²) < 4.78 is 0. The normalized spacial score (nSPS) is 59.5. The highest BCUT2D eigenvalue weighted by molar-refractivity contribution is 6.18. The van der Waals surface area contributed by atoms with Gasteiger partial charge in [-0.1, -0.05) is 20.3 Å². The lowest BCUT2D eigenvalue weighted by atomic mass is 9.41. The van der Waals surface area contributed by atoms with Crippen molar-refractivity contribution in [1.82, 2.24) is 0 Å². The summed E-state index contributed by atoms with van der Waals surface area (Å²) in [6.07, 6.45) is 9.48. The predicted molar refractivity (Wildman–Crippen MR) is 93.9 cm³/mol. The summed E-state index contributed by atoms with van der Waals surface area (Å²) in [5.74, 6) is 1.04. The van der Waals surface area contributed by atoms with Crippen LogP contribution in [0.15, 0.2) is 0 Å². The molecule has 4 heteroatoms. The van der Waals surface area contributed by atoms with E-state index in [1.54, 1.807) is 0 Å². The van der Waals surface area contributed by atoms with Gasteiger partial charge in [-0.05, 0) is 74.0 Å². The molecule has 0 amide bonds. The first kappa shape index (κ1) is 17.3. The van der Waals surface area contributed by atoms with Gasteiger partial charge in [-0.2, -0.15) is 0 Å². The highest BCUT2D eigenvalue weighted by Crippen LogP contribution is 2.73. The van der Waals surface area contributed by atoms with Gasteiger partial charge in [-0.3, -0.25) is 0 Å². The van der Waals surface area contributed by atoms with Crippen LogP contribution in [0.1, 0.15) is 71.6 Å². The van der Waals surface area contributed by atoms with Gasteiger partial charge in [-0.15, -0.1) is 11.6 Å². The van der Waals surface area contributed by atoms with E-state index in [2.05, 4.69) is 13.8 Å². The third kappa shape index (κ3) is 1.90. The lowest BCUT2D eigenvalue weighted by Crippen LogP contribution is -2.58. The summed E-state index contributed by atoms with van der Waals surface area (Å²) in [5, 5.41) is 22.2. The minimum atomic E-state index is -1.14. The van der Waals surface area contributed by atoms with Crippen molar-refractivity contribution in [2.75, 3.05) is 5.88 Å². The second-order valence-corrected chi connectivity index (χ2v) is 10.3. The minimum Gasteiger partial charge on any atom is -0.387 e. The molecule has 4 rings (SSSR count). The molecule has 2 N–H and O–H groups in total. The molecular weight excluding hydrogens is 324 g/mol. The summed E-state index contributed by atoms with van der Waals surface area (Å²) >= 11 is 6.12. The standard InChI is InChI=1S/C20H31ClO3/c1-16(13-22)6-3-7-17(2)14(16)4-8-18-10-19(23,9-5-15(17)18)20(24,11-18)12-21/h13-15,23-24H,3-12H2,1-2H3/t14-,15+,16+,17-,18-,19+,20-/m1/s1. The highest BCUT2D eigenvalue weighted by Gasteiger charge is 2.71. The first-order valence-electron chi connectivity index (χ1n) is 9.64. The fourth-order valence-electron chi connectivity index (χ4n) is 7.97. The topological polar surface area (TPSA) is 57.5 Å². The largest absolute Gasteiger partial charge is 0.387 e. The average Bonchev–Trinajstić information content (AvgIpc) is 2.69. The van der Waals surface area contributed by atoms with Crippen LogP contribution in [0.4, 0.5) is 0 Å². The van der Waals surface area contributed by atoms with E-state index in [0.717, 1.165) is 32.1 Å². The Morgan fingerprint density at radius 2 is 1.75 bits per heavy atom. The van der Waals surface area contributed by atoms with Crippen molar-refractivity contribution in [3.05, 3.63) is 0 Å². The third-order valence-electron chi connectivity index (χ3n) is 8.98. The van der Waals surface area contributed by atoms with Crippen LogP contribution < -0.4 is 0 Å². The molecule has 0 saturated heterocycles. The molecule has 0 aliphatic heterocycles. The number of carbonyl (C=O) groups excluding carboxylic acids is 1. The Morgan fingerprint density at radius 1 is 1.04 bits per heavy atom. The molecule has 4 aliphatic carbocycles. The van der Waals surface area contributed by atoms with Crippen LogP contribution in [-0.4, -0.2) is 33.6 Å². The maximum Gasteiger partial charge on any atom is 0.126 e. The third-order valence-corrected chi connectivity index (χ3v) is 9.42. The Balaban J connectivity index is 1.75. The maximum atomic E-state index is 11.9. The zero-order valence-electron chi connectivity index (χ0n) is 15.0. The lowest BCUT2D eigenvalue weighted by Gasteiger charge is -2.63. The molecule has 0 aromatic carbocycles. The van der Waals surface area contributed by atoms with Gasteiger partial charge < -0.3 is 15.0 Å². The van der Waals surface area contributed by atoms with Gasteiger partial charge >= 0.3 is 0 Å². The second-order valence-electron chi connectivity index (χ2n) is 10.1. The molecule has 4 saturated carbocycles. The fourth-order valence-corrected chi connectivity index (χ4v) is 8.31. The van der Waals surface area contributed by atoms with Crippen molar-refractivity contribution in [2.45, 2.75) is 82.8 Å². The Morgan fingerprint density at radius 3 is 2.42 bits per heavy atom. The molecule has 0 unspecified atom stereocenters. The number of aldehydes is 1. The van der Waals surface area contributed by atoms with Gasteiger partial charge in [0.2, 0.25) is 0 Å². The van der Waals surface area contributed by atoms with Crippen LogP contribution in [-0.2, 0) is 4.79 Å². The number of carbonyl (C=O) groups is 1. The molecule has 4 aliphatic rings. The summed E-state index contributed by atoms with van der Waals surface area (Å²) in [4.78, 5) is 11.9. The minimum absolute atomic E-state index is 0.00300. The zero-order chi connectivity index (χ0) is 17.4. The molecule has 24 heavy (non-hydrogen) atoms. The van der Waals surface area contributed by atoms with E-state index in [0.29, 0.717) is 31.1 Å². The van der Waals surface area contributed by atoms with Crippen LogP contribution in [0, 0.1) is 28.1 Å². The molecule has 2 bridgehead atoms. The molecule has 0 aromatic rings. The SMILES string of the molecule is C[C@@]12CCC[C@@](C)(C=O)[C@H]1CC[C@@]13C[C@@](O)(CCl)[C@](O)(CC[C@H]12)C3. The van der Waals surface area contributed by atoms with Crippen molar-refractivity contribution >= 4 is 17.9 Å². The van der Waals surface area contributed by atoms with E-state index in [4.69, 9.17) is 11.6 Å². The first-order chi connectivity index (χ1) is 11.2. The van der Waals surface area contributed by atoms with Crippen molar-refractivity contribution in [2.24, 2.45) is 28.1 Å². The predicted octanol–water partition coefficient (Wildman–Crippen LogP) is 3.68. The van der Waals surface area contributed by atoms with E-state index < -0.39 is 11.2 Å². The van der Waals surface area contributed by atoms with Gasteiger partial charge in [0.05, 0.1) is 11.5 Å². The zero-order valence-corrected chi connectivity index (χ0v) is 15.7.